The smallest absolute Gasteiger partial charge is 0.180 e. The van der Waals surface area contributed by atoms with Crippen molar-refractivity contribution in [2.45, 2.75) is 11.5 Å². The van der Waals surface area contributed by atoms with Crippen molar-refractivity contribution >= 4 is 28.9 Å². The lowest BCUT2D eigenvalue weighted by Crippen LogP contribution is -2.37. The summed E-state index contributed by atoms with van der Waals surface area (Å²) >= 11 is 3.68. The first-order valence-electron chi connectivity index (χ1n) is 8.61. The molecule has 3 aromatic rings. The summed E-state index contributed by atoms with van der Waals surface area (Å²) in [7, 11) is 0. The number of pyridine rings is 1. The lowest BCUT2D eigenvalue weighted by atomic mass is 10.3. The predicted molar refractivity (Wildman–Crippen MR) is 108 cm³/mol. The van der Waals surface area contributed by atoms with E-state index in [1.807, 2.05) is 30.0 Å². The van der Waals surface area contributed by atoms with Crippen molar-refractivity contribution < 1.29 is 4.74 Å². The van der Waals surface area contributed by atoms with Gasteiger partial charge in [0.15, 0.2) is 5.82 Å². The summed E-state index contributed by atoms with van der Waals surface area (Å²) < 4.78 is 5.47. The van der Waals surface area contributed by atoms with E-state index in [0.717, 1.165) is 55.0 Å². The number of hydrogen-bond acceptors (Lipinski definition) is 7. The Bertz CT molecular complexity index is 821. The van der Waals surface area contributed by atoms with Gasteiger partial charge in [0, 0.05) is 41.7 Å². The van der Waals surface area contributed by atoms with E-state index in [0.29, 0.717) is 5.82 Å². The van der Waals surface area contributed by atoms with Gasteiger partial charge in [0.1, 0.15) is 11.5 Å². The summed E-state index contributed by atoms with van der Waals surface area (Å²) in [6, 6.07) is 12.2. The highest BCUT2D eigenvalue weighted by molar-refractivity contribution is 7.97. The highest BCUT2D eigenvalue weighted by Gasteiger charge is 2.16. The summed E-state index contributed by atoms with van der Waals surface area (Å²) in [5.74, 6) is 3.53. The normalized spacial score (nSPS) is 14.5. The first kappa shape index (κ1) is 17.5. The number of thiophene rings is 1. The average Bonchev–Trinajstić information content (AvgIpc) is 3.23. The van der Waals surface area contributed by atoms with Crippen LogP contribution >= 0.6 is 23.1 Å². The van der Waals surface area contributed by atoms with E-state index in [1.165, 1.54) is 4.88 Å². The molecule has 0 aliphatic carbocycles. The molecular weight excluding hydrogens is 364 g/mol. The Balaban J connectivity index is 1.57. The van der Waals surface area contributed by atoms with Crippen molar-refractivity contribution in [1.82, 2.24) is 15.0 Å². The van der Waals surface area contributed by atoms with Gasteiger partial charge < -0.3 is 9.64 Å². The van der Waals surface area contributed by atoms with Crippen molar-refractivity contribution in [1.29, 1.82) is 0 Å². The molecule has 0 spiro atoms. The zero-order valence-corrected chi connectivity index (χ0v) is 16.0. The maximum atomic E-state index is 5.47. The Kier molecular flexibility index (Phi) is 5.78. The molecule has 0 N–H and O–H groups in total. The minimum Gasteiger partial charge on any atom is -0.378 e. The molecule has 0 amide bonds. The molecule has 1 saturated heterocycles. The average molecular weight is 385 g/mol. The summed E-state index contributed by atoms with van der Waals surface area (Å²) in [6.07, 6.45) is 1.78. The second kappa shape index (κ2) is 8.62. The second-order valence-corrected chi connectivity index (χ2v) is 7.95. The molecule has 0 aromatic carbocycles. The molecule has 1 aliphatic rings. The van der Waals surface area contributed by atoms with Crippen LogP contribution in [0.15, 0.2) is 48.0 Å². The molecule has 4 heterocycles. The number of hydrogen-bond donors (Lipinski definition) is 0. The zero-order chi connectivity index (χ0) is 17.6. The van der Waals surface area contributed by atoms with E-state index in [1.54, 1.807) is 17.5 Å². The first-order chi connectivity index (χ1) is 12.9. The number of morpholine rings is 1. The zero-order valence-electron chi connectivity index (χ0n) is 14.4. The lowest BCUT2D eigenvalue weighted by molar-refractivity contribution is 0.122. The van der Waals surface area contributed by atoms with E-state index < -0.39 is 0 Å². The predicted octanol–water partition coefficient (Wildman–Crippen LogP) is 3.87. The SMILES string of the molecule is c1ccc(-c2nc(CSCc3cccs3)cc(N3CCOCC3)n2)nc1. The molecule has 0 atom stereocenters. The standard InChI is InChI=1S/C19H20N4OS2/c1-2-6-20-17(5-1)19-21-15(13-25-14-16-4-3-11-26-16)12-18(22-19)23-7-9-24-10-8-23/h1-6,11-12H,7-10,13-14H2. The molecule has 5 nitrogen and oxygen atoms in total. The number of nitrogens with zero attached hydrogens (tertiary/aromatic N) is 4. The highest BCUT2D eigenvalue weighted by Crippen LogP contribution is 2.24. The number of rotatable bonds is 6. The molecule has 3 aromatic heterocycles. The van der Waals surface area contributed by atoms with Crippen molar-refractivity contribution in [2.75, 3.05) is 31.2 Å². The molecule has 0 saturated carbocycles. The number of thioether (sulfide) groups is 1. The molecule has 1 aliphatic heterocycles. The molecular formula is C19H20N4OS2. The summed E-state index contributed by atoms with van der Waals surface area (Å²) in [4.78, 5) is 17.6. The van der Waals surface area contributed by atoms with E-state index in [2.05, 4.69) is 33.5 Å². The quantitative estimate of drug-likeness (QED) is 0.643. The van der Waals surface area contributed by atoms with Crippen LogP contribution < -0.4 is 4.90 Å². The minimum atomic E-state index is 0.696. The van der Waals surface area contributed by atoms with Gasteiger partial charge in [-0.3, -0.25) is 4.98 Å². The maximum Gasteiger partial charge on any atom is 0.180 e. The van der Waals surface area contributed by atoms with Crippen LogP contribution in [0.2, 0.25) is 0 Å². The molecule has 134 valence electrons. The second-order valence-electron chi connectivity index (χ2n) is 5.93. The Morgan fingerprint density at radius 3 is 2.77 bits per heavy atom. The van der Waals surface area contributed by atoms with Crippen LogP contribution in [-0.2, 0) is 16.2 Å². The Hall–Kier alpha value is -1.96. The van der Waals surface area contributed by atoms with Crippen molar-refractivity contribution in [3.05, 3.63) is 58.5 Å². The number of ether oxygens (including phenoxy) is 1. The molecule has 7 heteroatoms. The summed E-state index contributed by atoms with van der Waals surface area (Å²) in [5, 5.41) is 2.12. The Morgan fingerprint density at radius 1 is 1.08 bits per heavy atom. The minimum absolute atomic E-state index is 0.696. The van der Waals surface area contributed by atoms with Crippen LogP contribution in [0.3, 0.4) is 0 Å². The van der Waals surface area contributed by atoms with Gasteiger partial charge in [-0.25, -0.2) is 9.97 Å². The van der Waals surface area contributed by atoms with E-state index in [9.17, 15) is 0 Å². The fraction of sp³-hybridized carbons (Fsp3) is 0.316. The largest absolute Gasteiger partial charge is 0.378 e. The van der Waals surface area contributed by atoms with Crippen LogP contribution in [0.5, 0.6) is 0 Å². The van der Waals surface area contributed by atoms with Gasteiger partial charge in [0.05, 0.1) is 18.9 Å². The molecule has 1 fully saturated rings. The third-order valence-corrected chi connectivity index (χ3v) is 6.14. The summed E-state index contributed by atoms with van der Waals surface area (Å²) in [6.45, 7) is 3.21. The van der Waals surface area contributed by atoms with Gasteiger partial charge >= 0.3 is 0 Å². The van der Waals surface area contributed by atoms with Crippen LogP contribution in [0.1, 0.15) is 10.6 Å². The number of aromatic nitrogens is 3. The van der Waals surface area contributed by atoms with Crippen molar-refractivity contribution in [3.8, 4) is 11.5 Å². The van der Waals surface area contributed by atoms with Crippen molar-refractivity contribution in [3.63, 3.8) is 0 Å². The third kappa shape index (κ3) is 4.41. The summed E-state index contributed by atoms with van der Waals surface area (Å²) in [5.41, 5.74) is 1.86. The van der Waals surface area contributed by atoms with E-state index in [4.69, 9.17) is 14.7 Å². The van der Waals surface area contributed by atoms with Crippen LogP contribution in [0.4, 0.5) is 5.82 Å². The maximum absolute atomic E-state index is 5.47. The van der Waals surface area contributed by atoms with Gasteiger partial charge in [-0.05, 0) is 23.6 Å². The third-order valence-electron chi connectivity index (χ3n) is 4.07. The molecule has 4 rings (SSSR count). The van der Waals surface area contributed by atoms with E-state index >= 15 is 0 Å². The van der Waals surface area contributed by atoms with Gasteiger partial charge in [0.25, 0.3) is 0 Å². The topological polar surface area (TPSA) is 51.1 Å². The molecule has 0 bridgehead atoms. The fourth-order valence-corrected chi connectivity index (χ4v) is 4.54. The van der Waals surface area contributed by atoms with Gasteiger partial charge in [-0.15, -0.1) is 23.1 Å². The van der Waals surface area contributed by atoms with Gasteiger partial charge in [-0.1, -0.05) is 12.1 Å². The Morgan fingerprint density at radius 2 is 2.00 bits per heavy atom. The van der Waals surface area contributed by atoms with Crippen LogP contribution in [0.25, 0.3) is 11.5 Å². The van der Waals surface area contributed by atoms with E-state index in [-0.39, 0.29) is 0 Å². The molecule has 0 radical (unpaired) electrons. The number of anilines is 1. The molecule has 0 unspecified atom stereocenters. The highest BCUT2D eigenvalue weighted by atomic mass is 32.2. The van der Waals surface area contributed by atoms with Gasteiger partial charge in [-0.2, -0.15) is 0 Å². The van der Waals surface area contributed by atoms with Gasteiger partial charge in [0.2, 0.25) is 0 Å². The van der Waals surface area contributed by atoms with Crippen LogP contribution in [-0.4, -0.2) is 41.3 Å². The van der Waals surface area contributed by atoms with Crippen molar-refractivity contribution in [2.24, 2.45) is 0 Å². The monoisotopic (exact) mass is 384 g/mol. The fourth-order valence-electron chi connectivity index (χ4n) is 2.77. The Labute approximate surface area is 161 Å². The lowest BCUT2D eigenvalue weighted by Gasteiger charge is -2.28. The molecule has 26 heavy (non-hydrogen) atoms. The van der Waals surface area contributed by atoms with Crippen LogP contribution in [0, 0.1) is 0 Å². The first-order valence-corrected chi connectivity index (χ1v) is 10.6.